The van der Waals surface area contributed by atoms with Gasteiger partial charge in [-0.15, -0.1) is 0 Å². The molecule has 8 atom stereocenters. The first-order valence-corrected chi connectivity index (χ1v) is 8.69. The molecule has 1 saturated heterocycles. The number of thioether (sulfide) groups is 1. The van der Waals surface area contributed by atoms with E-state index in [0.29, 0.717) is 0 Å². The summed E-state index contributed by atoms with van der Waals surface area (Å²) in [7, 11) is 0. The molecule has 0 aromatic heterocycles. The smallest absolute Gasteiger partial charge is 0.0109 e. The highest BCUT2D eigenvalue weighted by atomic mass is 32.2. The topological polar surface area (TPSA) is 0 Å². The van der Waals surface area contributed by atoms with Gasteiger partial charge in [0.05, 0.1) is 0 Å². The van der Waals surface area contributed by atoms with Gasteiger partial charge >= 0.3 is 0 Å². The van der Waals surface area contributed by atoms with Gasteiger partial charge in [-0.05, 0) is 48.3 Å². The molecule has 0 aromatic rings. The molecular weight excluding hydrogens is 224 g/mol. The molecule has 3 fully saturated rings. The Kier molecular flexibility index (Phi) is 3.26. The first-order chi connectivity index (χ1) is 8.09. The first kappa shape index (κ1) is 12.4. The molecule has 0 N–H and O–H groups in total. The molecule has 17 heavy (non-hydrogen) atoms. The van der Waals surface area contributed by atoms with E-state index >= 15 is 0 Å². The van der Waals surface area contributed by atoms with Crippen LogP contribution < -0.4 is 0 Å². The standard InChI is InChI=1S/C16H28S/c1-9-5-7-13-14-8-6-10(2)12(4)16(14)17-15(13)11(9)3/h9-16H,5-8H2,1-4H3. The average Bonchev–Trinajstić information content (AvgIpc) is 2.69. The van der Waals surface area contributed by atoms with Crippen LogP contribution in [0, 0.1) is 35.5 Å². The first-order valence-electron chi connectivity index (χ1n) is 7.75. The number of hydrogen-bond donors (Lipinski definition) is 0. The highest BCUT2D eigenvalue weighted by Crippen LogP contribution is 2.59. The predicted molar refractivity (Wildman–Crippen MR) is 77.3 cm³/mol. The maximum absolute atomic E-state index is 2.53. The third-order valence-corrected chi connectivity index (χ3v) is 8.64. The SMILES string of the molecule is CC1CCC2C3CCC(C)C(C)C3SC2C1C. The van der Waals surface area contributed by atoms with Crippen molar-refractivity contribution in [2.24, 2.45) is 35.5 Å². The van der Waals surface area contributed by atoms with Crippen molar-refractivity contribution in [2.75, 3.05) is 0 Å². The summed E-state index contributed by atoms with van der Waals surface area (Å²) < 4.78 is 0. The molecule has 0 radical (unpaired) electrons. The molecular formula is C16H28S. The fourth-order valence-electron chi connectivity index (χ4n) is 4.74. The second-order valence-corrected chi connectivity index (χ2v) is 8.58. The maximum Gasteiger partial charge on any atom is 0.0109 e. The van der Waals surface area contributed by atoms with Crippen LogP contribution in [-0.4, -0.2) is 10.5 Å². The Morgan fingerprint density at radius 1 is 0.647 bits per heavy atom. The second kappa shape index (κ2) is 4.47. The van der Waals surface area contributed by atoms with Gasteiger partial charge in [0.1, 0.15) is 0 Å². The summed E-state index contributed by atoms with van der Waals surface area (Å²) >= 11 is 2.40. The highest BCUT2D eigenvalue weighted by Gasteiger charge is 2.52. The molecule has 3 aliphatic rings. The van der Waals surface area contributed by atoms with Crippen molar-refractivity contribution < 1.29 is 0 Å². The highest BCUT2D eigenvalue weighted by molar-refractivity contribution is 8.00. The Labute approximate surface area is 111 Å². The van der Waals surface area contributed by atoms with E-state index in [1.54, 1.807) is 0 Å². The fourth-order valence-corrected chi connectivity index (χ4v) is 7.21. The van der Waals surface area contributed by atoms with E-state index in [0.717, 1.165) is 46.0 Å². The van der Waals surface area contributed by atoms with Gasteiger partial charge in [0, 0.05) is 10.5 Å². The molecule has 3 rings (SSSR count). The number of rotatable bonds is 0. The van der Waals surface area contributed by atoms with Gasteiger partial charge in [-0.2, -0.15) is 11.8 Å². The molecule has 0 spiro atoms. The van der Waals surface area contributed by atoms with Crippen LogP contribution in [0.5, 0.6) is 0 Å². The van der Waals surface area contributed by atoms with Crippen LogP contribution in [0.25, 0.3) is 0 Å². The lowest BCUT2D eigenvalue weighted by Crippen LogP contribution is -2.37. The van der Waals surface area contributed by atoms with Gasteiger partial charge in [0.2, 0.25) is 0 Å². The Bertz CT molecular complexity index is 255. The zero-order valence-electron chi connectivity index (χ0n) is 11.9. The molecule has 8 unspecified atom stereocenters. The Morgan fingerprint density at radius 2 is 1.06 bits per heavy atom. The van der Waals surface area contributed by atoms with Crippen LogP contribution in [0.15, 0.2) is 0 Å². The summed E-state index contributed by atoms with van der Waals surface area (Å²) in [4.78, 5) is 0. The lowest BCUT2D eigenvalue weighted by Gasteiger charge is -2.40. The zero-order chi connectivity index (χ0) is 12.2. The average molecular weight is 252 g/mol. The lowest BCUT2D eigenvalue weighted by molar-refractivity contribution is 0.128. The largest absolute Gasteiger partial charge is 0.154 e. The Balaban J connectivity index is 1.81. The molecule has 0 aromatic carbocycles. The minimum atomic E-state index is 0.965. The molecule has 2 saturated carbocycles. The molecule has 1 aliphatic heterocycles. The van der Waals surface area contributed by atoms with Crippen LogP contribution >= 0.6 is 11.8 Å². The maximum atomic E-state index is 2.53. The summed E-state index contributed by atoms with van der Waals surface area (Å²) in [5.74, 6) is 6.02. The van der Waals surface area contributed by atoms with E-state index in [1.165, 1.54) is 25.7 Å². The molecule has 2 aliphatic carbocycles. The second-order valence-electron chi connectivity index (χ2n) is 7.22. The van der Waals surface area contributed by atoms with Crippen LogP contribution in [0.4, 0.5) is 0 Å². The number of hydrogen-bond acceptors (Lipinski definition) is 1. The van der Waals surface area contributed by atoms with E-state index in [2.05, 4.69) is 39.5 Å². The van der Waals surface area contributed by atoms with Gasteiger partial charge in [-0.3, -0.25) is 0 Å². The molecule has 0 bridgehead atoms. The fraction of sp³-hybridized carbons (Fsp3) is 1.00. The minimum Gasteiger partial charge on any atom is -0.154 e. The van der Waals surface area contributed by atoms with Crippen molar-refractivity contribution in [3.8, 4) is 0 Å². The van der Waals surface area contributed by atoms with Crippen molar-refractivity contribution in [1.29, 1.82) is 0 Å². The van der Waals surface area contributed by atoms with Crippen LogP contribution in [0.2, 0.25) is 0 Å². The van der Waals surface area contributed by atoms with E-state index in [-0.39, 0.29) is 0 Å². The van der Waals surface area contributed by atoms with Crippen molar-refractivity contribution in [2.45, 2.75) is 63.9 Å². The van der Waals surface area contributed by atoms with Crippen LogP contribution in [0.1, 0.15) is 53.4 Å². The third kappa shape index (κ3) is 1.88. The molecule has 0 nitrogen and oxygen atoms in total. The van der Waals surface area contributed by atoms with Crippen molar-refractivity contribution in [3.05, 3.63) is 0 Å². The minimum absolute atomic E-state index is 0.965. The van der Waals surface area contributed by atoms with Gasteiger partial charge in [-0.1, -0.05) is 40.5 Å². The Hall–Kier alpha value is 0.350. The Morgan fingerprint density at radius 3 is 1.47 bits per heavy atom. The normalized spacial score (nSPS) is 58.6. The van der Waals surface area contributed by atoms with Gasteiger partial charge in [0.15, 0.2) is 0 Å². The van der Waals surface area contributed by atoms with Gasteiger partial charge in [-0.25, -0.2) is 0 Å². The summed E-state index contributed by atoms with van der Waals surface area (Å²) in [6.07, 6.45) is 6.06. The number of fused-ring (bicyclic) bond motifs is 3. The van der Waals surface area contributed by atoms with Gasteiger partial charge in [0.25, 0.3) is 0 Å². The van der Waals surface area contributed by atoms with Crippen molar-refractivity contribution in [3.63, 3.8) is 0 Å². The van der Waals surface area contributed by atoms with E-state index < -0.39 is 0 Å². The molecule has 98 valence electrons. The summed E-state index contributed by atoms with van der Waals surface area (Å²) in [5, 5.41) is 2.00. The van der Waals surface area contributed by atoms with Crippen molar-refractivity contribution in [1.82, 2.24) is 0 Å². The third-order valence-electron chi connectivity index (χ3n) is 6.45. The zero-order valence-corrected chi connectivity index (χ0v) is 12.7. The van der Waals surface area contributed by atoms with Crippen LogP contribution in [-0.2, 0) is 0 Å². The molecule has 1 heterocycles. The summed E-state index contributed by atoms with van der Waals surface area (Å²) in [6, 6.07) is 0. The van der Waals surface area contributed by atoms with E-state index in [9.17, 15) is 0 Å². The molecule has 0 amide bonds. The van der Waals surface area contributed by atoms with E-state index in [1.807, 2.05) is 0 Å². The summed E-state index contributed by atoms with van der Waals surface area (Å²) in [6.45, 7) is 10.0. The summed E-state index contributed by atoms with van der Waals surface area (Å²) in [5.41, 5.74) is 0. The monoisotopic (exact) mass is 252 g/mol. The van der Waals surface area contributed by atoms with Crippen LogP contribution in [0.3, 0.4) is 0 Å². The van der Waals surface area contributed by atoms with Gasteiger partial charge < -0.3 is 0 Å². The quantitative estimate of drug-likeness (QED) is 0.595. The van der Waals surface area contributed by atoms with E-state index in [4.69, 9.17) is 0 Å². The lowest BCUT2D eigenvalue weighted by atomic mass is 9.64. The molecule has 1 heteroatoms. The predicted octanol–water partition coefficient (Wildman–Crippen LogP) is 4.83. The van der Waals surface area contributed by atoms with Crippen molar-refractivity contribution >= 4 is 11.8 Å².